The fourth-order valence-corrected chi connectivity index (χ4v) is 3.43. The van der Waals surface area contributed by atoms with E-state index in [2.05, 4.69) is 10.2 Å². The van der Waals surface area contributed by atoms with Crippen LogP contribution in [0, 0.1) is 0 Å². The van der Waals surface area contributed by atoms with Crippen molar-refractivity contribution in [2.75, 3.05) is 20.6 Å². The number of halogens is 1. The molecular formula is C24H25ClN2O. The van der Waals surface area contributed by atoms with Gasteiger partial charge < -0.3 is 10.2 Å². The van der Waals surface area contributed by atoms with E-state index in [0.29, 0.717) is 12.1 Å². The number of hydrogen-bond donors (Lipinski definition) is 1. The van der Waals surface area contributed by atoms with Gasteiger partial charge in [0.25, 0.3) is 5.91 Å². The summed E-state index contributed by atoms with van der Waals surface area (Å²) in [4.78, 5) is 14.8. The van der Waals surface area contributed by atoms with Crippen molar-refractivity contribution in [3.05, 3.63) is 95.0 Å². The summed E-state index contributed by atoms with van der Waals surface area (Å²) in [6, 6.07) is 25.9. The highest BCUT2D eigenvalue weighted by molar-refractivity contribution is 6.30. The van der Waals surface area contributed by atoms with Gasteiger partial charge in [-0.05, 0) is 61.5 Å². The molecule has 0 heterocycles. The molecule has 3 aromatic rings. The van der Waals surface area contributed by atoms with E-state index in [-0.39, 0.29) is 11.9 Å². The molecule has 0 aliphatic carbocycles. The Morgan fingerprint density at radius 1 is 0.929 bits per heavy atom. The smallest absolute Gasteiger partial charge is 0.251 e. The van der Waals surface area contributed by atoms with E-state index in [0.717, 1.165) is 22.6 Å². The minimum absolute atomic E-state index is 0.0496. The normalized spacial score (nSPS) is 12.0. The highest BCUT2D eigenvalue weighted by Crippen LogP contribution is 2.23. The Kier molecular flexibility index (Phi) is 6.85. The number of nitrogens with one attached hydrogen (secondary N) is 1. The van der Waals surface area contributed by atoms with Gasteiger partial charge in [-0.15, -0.1) is 0 Å². The number of carbonyl (C=O) groups is 1. The fourth-order valence-electron chi connectivity index (χ4n) is 3.30. The van der Waals surface area contributed by atoms with Crippen molar-refractivity contribution >= 4 is 17.5 Å². The molecule has 0 aliphatic heterocycles. The van der Waals surface area contributed by atoms with Gasteiger partial charge in [0, 0.05) is 23.2 Å². The van der Waals surface area contributed by atoms with Crippen LogP contribution in [-0.4, -0.2) is 31.4 Å². The maximum atomic E-state index is 12.6. The summed E-state index contributed by atoms with van der Waals surface area (Å²) in [6.45, 7) is 0.597. The van der Waals surface area contributed by atoms with Gasteiger partial charge in [-0.25, -0.2) is 0 Å². The molecule has 28 heavy (non-hydrogen) atoms. The molecular weight excluding hydrogens is 368 g/mol. The third-order valence-corrected chi connectivity index (χ3v) is 5.07. The van der Waals surface area contributed by atoms with Crippen LogP contribution in [0.3, 0.4) is 0 Å². The summed E-state index contributed by atoms with van der Waals surface area (Å²) in [7, 11) is 4.09. The number of rotatable bonds is 7. The molecule has 1 atom stereocenters. The lowest BCUT2D eigenvalue weighted by Crippen LogP contribution is -2.29. The maximum Gasteiger partial charge on any atom is 0.251 e. The molecule has 0 fully saturated rings. The Morgan fingerprint density at radius 3 is 2.29 bits per heavy atom. The van der Waals surface area contributed by atoms with Crippen molar-refractivity contribution in [3.8, 4) is 11.1 Å². The zero-order valence-corrected chi connectivity index (χ0v) is 17.0. The van der Waals surface area contributed by atoms with E-state index in [1.54, 1.807) is 0 Å². The molecule has 0 bridgehead atoms. The molecule has 0 saturated carbocycles. The molecule has 3 aromatic carbocycles. The Hall–Kier alpha value is -2.62. The molecule has 4 heteroatoms. The van der Waals surface area contributed by atoms with Gasteiger partial charge >= 0.3 is 0 Å². The van der Waals surface area contributed by atoms with Crippen molar-refractivity contribution in [2.45, 2.75) is 12.5 Å². The minimum Gasteiger partial charge on any atom is -0.352 e. The molecule has 144 valence electrons. The van der Waals surface area contributed by atoms with Crippen LogP contribution in [0.5, 0.6) is 0 Å². The zero-order valence-electron chi connectivity index (χ0n) is 16.2. The molecule has 0 aliphatic rings. The van der Waals surface area contributed by atoms with Crippen LogP contribution in [0.1, 0.15) is 28.4 Å². The third-order valence-electron chi connectivity index (χ3n) is 4.81. The van der Waals surface area contributed by atoms with Crippen molar-refractivity contribution in [2.24, 2.45) is 0 Å². The molecule has 1 N–H and O–H groups in total. The lowest BCUT2D eigenvalue weighted by molar-refractivity contribution is 0.0949. The number of nitrogens with zero attached hydrogens (tertiary/aromatic N) is 1. The first-order chi connectivity index (χ1) is 13.5. The minimum atomic E-state index is -0.0496. The molecule has 0 saturated heterocycles. The standard InChI is InChI=1S/C24H25ClN2O/c1-27(2)23(19-11-13-22(25)14-12-19)15-16-26-24(28)21-10-6-9-20(17-21)18-7-4-3-5-8-18/h3-14,17,23H,15-16H2,1-2H3,(H,26,28). The second kappa shape index (κ2) is 9.54. The van der Waals surface area contributed by atoms with Gasteiger partial charge in [-0.2, -0.15) is 0 Å². The maximum absolute atomic E-state index is 12.6. The average molecular weight is 393 g/mol. The average Bonchev–Trinajstić information content (AvgIpc) is 2.72. The molecule has 1 amide bonds. The Balaban J connectivity index is 1.63. The largest absolute Gasteiger partial charge is 0.352 e. The zero-order chi connectivity index (χ0) is 19.9. The van der Waals surface area contributed by atoms with Crippen LogP contribution < -0.4 is 5.32 Å². The second-order valence-electron chi connectivity index (χ2n) is 7.02. The summed E-state index contributed by atoms with van der Waals surface area (Å²) in [6.07, 6.45) is 0.818. The monoisotopic (exact) mass is 392 g/mol. The van der Waals surface area contributed by atoms with Gasteiger partial charge in [0.15, 0.2) is 0 Å². The van der Waals surface area contributed by atoms with Crippen LogP contribution in [-0.2, 0) is 0 Å². The van der Waals surface area contributed by atoms with Gasteiger partial charge in [-0.1, -0.05) is 66.2 Å². The predicted octanol–water partition coefficient (Wildman–Crippen LogP) is 5.43. The van der Waals surface area contributed by atoms with E-state index >= 15 is 0 Å². The van der Waals surface area contributed by atoms with Crippen LogP contribution >= 0.6 is 11.6 Å². The lowest BCUT2D eigenvalue weighted by Gasteiger charge is -2.25. The van der Waals surface area contributed by atoms with Crippen molar-refractivity contribution in [3.63, 3.8) is 0 Å². The fraction of sp³-hybridized carbons (Fsp3) is 0.208. The highest BCUT2D eigenvalue weighted by atomic mass is 35.5. The van der Waals surface area contributed by atoms with Crippen LogP contribution in [0.25, 0.3) is 11.1 Å². The highest BCUT2D eigenvalue weighted by Gasteiger charge is 2.15. The van der Waals surface area contributed by atoms with Crippen LogP contribution in [0.15, 0.2) is 78.9 Å². The number of hydrogen-bond acceptors (Lipinski definition) is 2. The quantitative estimate of drug-likeness (QED) is 0.581. The third kappa shape index (κ3) is 5.22. The molecule has 0 radical (unpaired) electrons. The van der Waals surface area contributed by atoms with E-state index in [1.165, 1.54) is 5.56 Å². The van der Waals surface area contributed by atoms with Crippen molar-refractivity contribution in [1.82, 2.24) is 10.2 Å². The molecule has 3 nitrogen and oxygen atoms in total. The SMILES string of the molecule is CN(C)C(CCNC(=O)c1cccc(-c2ccccc2)c1)c1ccc(Cl)cc1. The van der Waals surface area contributed by atoms with Crippen molar-refractivity contribution < 1.29 is 4.79 Å². The Morgan fingerprint density at radius 2 is 1.61 bits per heavy atom. The van der Waals surface area contributed by atoms with Crippen molar-refractivity contribution in [1.29, 1.82) is 0 Å². The van der Waals surface area contributed by atoms with E-state index in [9.17, 15) is 4.79 Å². The first kappa shape index (κ1) is 20.1. The molecule has 3 rings (SSSR count). The van der Waals surface area contributed by atoms with E-state index < -0.39 is 0 Å². The number of amides is 1. The van der Waals surface area contributed by atoms with Crippen LogP contribution in [0.2, 0.25) is 5.02 Å². The topological polar surface area (TPSA) is 32.3 Å². The van der Waals surface area contributed by atoms with Gasteiger partial charge in [0.1, 0.15) is 0 Å². The molecule has 0 spiro atoms. The first-order valence-corrected chi connectivity index (χ1v) is 9.78. The van der Waals surface area contributed by atoms with E-state index in [4.69, 9.17) is 11.6 Å². The van der Waals surface area contributed by atoms with Gasteiger partial charge in [0.05, 0.1) is 0 Å². The summed E-state index contributed by atoms with van der Waals surface area (Å²) >= 11 is 6.00. The van der Waals surface area contributed by atoms with Crippen LogP contribution in [0.4, 0.5) is 0 Å². The summed E-state index contributed by atoms with van der Waals surface area (Å²) in [5.41, 5.74) is 4.01. The first-order valence-electron chi connectivity index (χ1n) is 9.40. The second-order valence-corrected chi connectivity index (χ2v) is 7.46. The Labute approximate surface area is 172 Å². The summed E-state index contributed by atoms with van der Waals surface area (Å²) < 4.78 is 0. The van der Waals surface area contributed by atoms with E-state index in [1.807, 2.05) is 93.0 Å². The molecule has 0 aromatic heterocycles. The lowest BCUT2D eigenvalue weighted by atomic mass is 10.0. The number of benzene rings is 3. The van der Waals surface area contributed by atoms with Gasteiger partial charge in [0.2, 0.25) is 0 Å². The van der Waals surface area contributed by atoms with Gasteiger partial charge in [-0.3, -0.25) is 4.79 Å². The summed E-state index contributed by atoms with van der Waals surface area (Å²) in [5.74, 6) is -0.0496. The number of carbonyl (C=O) groups excluding carboxylic acids is 1. The predicted molar refractivity (Wildman–Crippen MR) is 117 cm³/mol. The summed E-state index contributed by atoms with van der Waals surface area (Å²) in [5, 5.41) is 3.78. The molecule has 1 unspecified atom stereocenters. The Bertz CT molecular complexity index is 907.